The summed E-state index contributed by atoms with van der Waals surface area (Å²) in [7, 11) is 0. The van der Waals surface area contributed by atoms with Gasteiger partial charge in [0.25, 0.3) is 5.91 Å². The van der Waals surface area contributed by atoms with Gasteiger partial charge in [-0.2, -0.15) is 13.2 Å². The number of carboxylic acids is 1. The van der Waals surface area contributed by atoms with E-state index in [4.69, 9.17) is 0 Å². The van der Waals surface area contributed by atoms with Crippen molar-refractivity contribution in [2.45, 2.75) is 51.4 Å². The molecular formula is C27H27F4N3O4. The number of halogens is 4. The highest BCUT2D eigenvalue weighted by molar-refractivity contribution is 6.20. The molecule has 38 heavy (non-hydrogen) atoms. The Morgan fingerprint density at radius 1 is 1.13 bits per heavy atom. The maximum Gasteiger partial charge on any atom is 0.389 e. The van der Waals surface area contributed by atoms with Crippen LogP contribution in [0.1, 0.15) is 48.8 Å². The third-order valence-electron chi connectivity index (χ3n) is 6.79. The predicted molar refractivity (Wildman–Crippen MR) is 131 cm³/mol. The number of amides is 2. The molecule has 202 valence electrons. The van der Waals surface area contributed by atoms with Gasteiger partial charge in [0.1, 0.15) is 5.82 Å². The Kier molecular flexibility index (Phi) is 7.84. The van der Waals surface area contributed by atoms with Gasteiger partial charge in [-0.1, -0.05) is 54.8 Å². The number of aliphatic imine (C=N–C) groups is 1. The molecule has 2 aromatic carbocycles. The van der Waals surface area contributed by atoms with Crippen LogP contribution in [0.15, 0.2) is 47.5 Å². The summed E-state index contributed by atoms with van der Waals surface area (Å²) in [4.78, 5) is 42.7. The van der Waals surface area contributed by atoms with Crippen molar-refractivity contribution in [1.29, 1.82) is 0 Å². The molecule has 0 saturated heterocycles. The molecule has 2 amide bonds. The molecule has 11 heteroatoms. The lowest BCUT2D eigenvalue weighted by molar-refractivity contribution is -0.154. The van der Waals surface area contributed by atoms with E-state index in [1.807, 2.05) is 6.92 Å². The first kappa shape index (κ1) is 27.3. The van der Waals surface area contributed by atoms with Crippen molar-refractivity contribution < 1.29 is 37.1 Å². The number of nitrogens with zero attached hydrogens (tertiary/aromatic N) is 1. The molecule has 0 radical (unpaired) electrons. The van der Waals surface area contributed by atoms with Crippen LogP contribution in [0.3, 0.4) is 0 Å². The molecule has 3 N–H and O–H groups in total. The number of aryl methyl sites for hydroxylation is 1. The summed E-state index contributed by atoms with van der Waals surface area (Å²) in [6.07, 6.45) is -6.78. The van der Waals surface area contributed by atoms with Gasteiger partial charge in [0.2, 0.25) is 12.1 Å². The van der Waals surface area contributed by atoms with Crippen LogP contribution < -0.4 is 10.6 Å². The van der Waals surface area contributed by atoms with Gasteiger partial charge in [-0.05, 0) is 31.7 Å². The van der Waals surface area contributed by atoms with E-state index in [0.29, 0.717) is 5.56 Å². The summed E-state index contributed by atoms with van der Waals surface area (Å²) >= 11 is 0. The Labute approximate surface area is 216 Å². The number of nitrogens with one attached hydrogen (secondary N) is 2. The number of rotatable bonds is 9. The molecule has 0 bridgehead atoms. The number of carbonyl (C=O) groups is 3. The van der Waals surface area contributed by atoms with Crippen LogP contribution in [0.4, 0.5) is 23.2 Å². The standard InChI is InChI=1S/C27H27F4N3O4/c1-14-5-9-16(10-6-14)21-18-3-2-4-20(28)22(18)33-25(36)23(32-21)34-24(35)17(11-12-27(29,30)31)19(26(37)38)13-15-7-8-15/h2-6,9-10,15,17,19,23H,7-8,11-13H2,1H3,(H,33,36)(H,34,35)(H,37,38)/t17?,19?,23-/m1/s1. The van der Waals surface area contributed by atoms with Crippen molar-refractivity contribution in [2.75, 3.05) is 5.32 Å². The van der Waals surface area contributed by atoms with E-state index < -0.39 is 60.6 Å². The van der Waals surface area contributed by atoms with E-state index in [2.05, 4.69) is 15.6 Å². The number of carboxylic acid groups (broad SMARTS) is 1. The molecule has 1 aliphatic carbocycles. The second-order valence-corrected chi connectivity index (χ2v) is 9.79. The van der Waals surface area contributed by atoms with Gasteiger partial charge in [-0.15, -0.1) is 0 Å². The number of hydrogen-bond donors (Lipinski definition) is 3. The molecule has 0 spiro atoms. The number of hydrogen-bond acceptors (Lipinski definition) is 4. The zero-order valence-electron chi connectivity index (χ0n) is 20.5. The Bertz CT molecular complexity index is 1260. The topological polar surface area (TPSA) is 108 Å². The van der Waals surface area contributed by atoms with E-state index >= 15 is 0 Å². The normalized spacial score (nSPS) is 18.9. The Morgan fingerprint density at radius 3 is 2.42 bits per heavy atom. The first-order valence-corrected chi connectivity index (χ1v) is 12.3. The maximum absolute atomic E-state index is 14.7. The number of benzodiazepines with no additional fused rings is 1. The summed E-state index contributed by atoms with van der Waals surface area (Å²) < 4.78 is 53.8. The number of anilines is 1. The molecule has 0 aromatic heterocycles. The summed E-state index contributed by atoms with van der Waals surface area (Å²) in [6.45, 7) is 1.86. The number of carbonyl (C=O) groups excluding carboxylic acids is 2. The predicted octanol–water partition coefficient (Wildman–Crippen LogP) is 4.83. The SMILES string of the molecule is Cc1ccc(C2=N[C@H](NC(=O)C(CCC(F)(F)F)C(CC3CC3)C(=O)O)C(=O)Nc3c(F)cccc32)cc1. The van der Waals surface area contributed by atoms with Crippen LogP contribution in [-0.2, 0) is 14.4 Å². The van der Waals surface area contributed by atoms with E-state index in [1.165, 1.54) is 6.07 Å². The van der Waals surface area contributed by atoms with Crippen molar-refractivity contribution >= 4 is 29.2 Å². The van der Waals surface area contributed by atoms with Crippen molar-refractivity contribution in [1.82, 2.24) is 5.32 Å². The van der Waals surface area contributed by atoms with Crippen molar-refractivity contribution in [3.05, 3.63) is 65.0 Å². The van der Waals surface area contributed by atoms with Crippen LogP contribution in [-0.4, -0.2) is 40.9 Å². The third-order valence-corrected chi connectivity index (χ3v) is 6.79. The van der Waals surface area contributed by atoms with Crippen molar-refractivity contribution in [3.63, 3.8) is 0 Å². The highest BCUT2D eigenvalue weighted by Gasteiger charge is 2.41. The summed E-state index contributed by atoms with van der Waals surface area (Å²) in [6, 6.07) is 11.1. The zero-order chi connectivity index (χ0) is 27.6. The fourth-order valence-electron chi connectivity index (χ4n) is 4.56. The van der Waals surface area contributed by atoms with Crippen LogP contribution in [0, 0.1) is 30.5 Å². The van der Waals surface area contributed by atoms with Crippen LogP contribution in [0.5, 0.6) is 0 Å². The third kappa shape index (κ3) is 6.56. The van der Waals surface area contributed by atoms with E-state index in [-0.39, 0.29) is 29.3 Å². The molecule has 2 unspecified atom stereocenters. The van der Waals surface area contributed by atoms with Crippen LogP contribution >= 0.6 is 0 Å². The van der Waals surface area contributed by atoms with Crippen LogP contribution in [0.25, 0.3) is 0 Å². The maximum atomic E-state index is 14.7. The number of fused-ring (bicyclic) bond motifs is 1. The molecular weight excluding hydrogens is 506 g/mol. The second kappa shape index (κ2) is 10.9. The van der Waals surface area contributed by atoms with Gasteiger partial charge in [0.05, 0.1) is 23.2 Å². The molecule has 7 nitrogen and oxygen atoms in total. The van der Waals surface area contributed by atoms with Gasteiger partial charge < -0.3 is 15.7 Å². The smallest absolute Gasteiger partial charge is 0.389 e. The lowest BCUT2D eigenvalue weighted by atomic mass is 9.83. The number of benzene rings is 2. The largest absolute Gasteiger partial charge is 0.481 e. The summed E-state index contributed by atoms with van der Waals surface area (Å²) in [5.74, 6) is -6.90. The highest BCUT2D eigenvalue weighted by atomic mass is 19.4. The van der Waals surface area contributed by atoms with Crippen LogP contribution in [0.2, 0.25) is 0 Å². The Balaban J connectivity index is 1.69. The van der Waals surface area contributed by atoms with Crippen molar-refractivity contribution in [2.24, 2.45) is 22.7 Å². The van der Waals surface area contributed by atoms with Gasteiger partial charge >= 0.3 is 12.1 Å². The molecule has 1 fully saturated rings. The first-order chi connectivity index (χ1) is 17.9. The zero-order valence-corrected chi connectivity index (χ0v) is 20.5. The average molecular weight is 534 g/mol. The number of para-hydroxylation sites is 1. The molecule has 1 heterocycles. The average Bonchev–Trinajstić information content (AvgIpc) is 3.67. The monoisotopic (exact) mass is 533 g/mol. The minimum atomic E-state index is -4.60. The molecule has 4 rings (SSSR count). The minimum Gasteiger partial charge on any atom is -0.481 e. The molecule has 1 saturated carbocycles. The number of aliphatic carboxylic acids is 1. The van der Waals surface area contributed by atoms with Gasteiger partial charge in [0.15, 0.2) is 0 Å². The quantitative estimate of drug-likeness (QED) is 0.402. The number of alkyl halides is 3. The summed E-state index contributed by atoms with van der Waals surface area (Å²) in [5.41, 5.74) is 1.74. The lowest BCUT2D eigenvalue weighted by Gasteiger charge is -2.25. The summed E-state index contributed by atoms with van der Waals surface area (Å²) in [5, 5.41) is 14.5. The molecule has 2 aromatic rings. The van der Waals surface area contributed by atoms with Gasteiger partial charge in [-0.3, -0.25) is 14.4 Å². The molecule has 1 aliphatic heterocycles. The first-order valence-electron chi connectivity index (χ1n) is 12.3. The fourth-order valence-corrected chi connectivity index (χ4v) is 4.56. The van der Waals surface area contributed by atoms with E-state index in [1.54, 1.807) is 30.3 Å². The van der Waals surface area contributed by atoms with Gasteiger partial charge in [0, 0.05) is 17.5 Å². The van der Waals surface area contributed by atoms with E-state index in [9.17, 15) is 37.1 Å². The van der Waals surface area contributed by atoms with Gasteiger partial charge in [-0.25, -0.2) is 9.38 Å². The fraction of sp³-hybridized carbons (Fsp3) is 0.407. The van der Waals surface area contributed by atoms with Crippen molar-refractivity contribution in [3.8, 4) is 0 Å². The Hall–Kier alpha value is -3.76. The lowest BCUT2D eigenvalue weighted by Crippen LogP contribution is -2.47. The molecule has 2 aliphatic rings. The highest BCUT2D eigenvalue weighted by Crippen LogP contribution is 2.39. The van der Waals surface area contributed by atoms with E-state index in [0.717, 1.165) is 24.5 Å². The Morgan fingerprint density at radius 2 is 1.82 bits per heavy atom. The minimum absolute atomic E-state index is 0.0297. The second-order valence-electron chi connectivity index (χ2n) is 9.79. The molecule has 3 atom stereocenters.